The molecule has 38 heavy (non-hydrogen) atoms. The number of amides is 1. The molecule has 5 N–H and O–H groups in total. The Morgan fingerprint density at radius 2 is 2.00 bits per heavy atom. The number of imidazole rings is 1. The Labute approximate surface area is 225 Å². The molecule has 2 fully saturated rings. The number of nitrogens with two attached hydrogens (primary N) is 1. The zero-order valence-electron chi connectivity index (χ0n) is 22.1. The van der Waals surface area contributed by atoms with Crippen molar-refractivity contribution in [3.63, 3.8) is 0 Å². The van der Waals surface area contributed by atoms with Crippen LogP contribution in [-0.4, -0.2) is 52.7 Å². The van der Waals surface area contributed by atoms with Crippen molar-refractivity contribution in [1.82, 2.24) is 24.5 Å². The monoisotopic (exact) mass is 540 g/mol. The summed E-state index contributed by atoms with van der Waals surface area (Å²) in [5.74, 6) is 2.28. The molecule has 1 unspecified atom stereocenters. The average molecular weight is 541 g/mol. The van der Waals surface area contributed by atoms with Crippen LogP contribution in [0.25, 0.3) is 11.2 Å². The maximum absolute atomic E-state index is 11.8. The second kappa shape index (κ2) is 10.6. The zero-order chi connectivity index (χ0) is 27.0. The lowest BCUT2D eigenvalue weighted by Crippen LogP contribution is -2.32. The molecule has 12 heteroatoms. The molecular weight excluding hydrogens is 504 g/mol. The number of anilines is 1. The molecule has 11 nitrogen and oxygen atoms in total. The first-order chi connectivity index (χ1) is 18.1. The van der Waals surface area contributed by atoms with Crippen LogP contribution >= 0.6 is 11.3 Å². The van der Waals surface area contributed by atoms with Crippen molar-refractivity contribution in [2.75, 3.05) is 5.32 Å². The standard InChI is InChI=1S/C26H36N8O3S/c1-14-7-9-16(10-8-14)11-34-19-21(29-15(2)17-5-4-6-17)31-23(20(27)30-25(35)36)32-22(19)33-24(34)26(3,37)18-12-38-13-28-18/h12-17,37H,4-11H2,1-3H3,(H2,27,30)(H,35,36)(H,29,31,32)/t14?,15-,16?,26?/m1/s1. The number of carboxylic acid groups (broad SMARTS) is 1. The lowest BCUT2D eigenvalue weighted by Gasteiger charge is -2.32. The number of aromatic nitrogens is 5. The van der Waals surface area contributed by atoms with Crippen LogP contribution < -0.4 is 11.1 Å². The molecule has 3 aromatic heterocycles. The molecule has 204 valence electrons. The van der Waals surface area contributed by atoms with E-state index in [2.05, 4.69) is 39.1 Å². The smallest absolute Gasteiger partial charge is 0.433 e. The van der Waals surface area contributed by atoms with Crippen LogP contribution in [0.5, 0.6) is 0 Å². The molecule has 0 radical (unpaired) electrons. The highest BCUT2D eigenvalue weighted by Gasteiger charge is 2.37. The maximum atomic E-state index is 11.8. The Kier molecular flexibility index (Phi) is 7.36. The second-order valence-electron chi connectivity index (χ2n) is 11.1. The van der Waals surface area contributed by atoms with Gasteiger partial charge in [-0.25, -0.2) is 24.7 Å². The number of nitrogens with one attached hydrogen (secondary N) is 1. The average Bonchev–Trinajstić information content (AvgIpc) is 3.48. The lowest BCUT2D eigenvalue weighted by atomic mass is 9.80. The van der Waals surface area contributed by atoms with E-state index in [1.165, 1.54) is 30.6 Å². The first-order valence-electron chi connectivity index (χ1n) is 13.4. The second-order valence-corrected chi connectivity index (χ2v) is 11.8. The highest BCUT2D eigenvalue weighted by molar-refractivity contribution is 7.07. The predicted molar refractivity (Wildman–Crippen MR) is 146 cm³/mol. The highest BCUT2D eigenvalue weighted by atomic mass is 32.1. The van der Waals surface area contributed by atoms with E-state index in [1.807, 2.05) is 9.95 Å². The predicted octanol–water partition coefficient (Wildman–Crippen LogP) is 4.35. The van der Waals surface area contributed by atoms with E-state index in [4.69, 9.17) is 15.8 Å². The number of fused-ring (bicyclic) bond motifs is 1. The van der Waals surface area contributed by atoms with E-state index in [-0.39, 0.29) is 17.7 Å². The van der Waals surface area contributed by atoms with Gasteiger partial charge in [-0.2, -0.15) is 4.99 Å². The molecule has 3 heterocycles. The Balaban J connectivity index is 1.68. The van der Waals surface area contributed by atoms with Crippen molar-refractivity contribution >= 4 is 40.2 Å². The molecule has 2 saturated carbocycles. The van der Waals surface area contributed by atoms with Crippen LogP contribution in [0.3, 0.4) is 0 Å². The molecule has 2 atom stereocenters. The van der Waals surface area contributed by atoms with Gasteiger partial charge < -0.3 is 25.8 Å². The number of aliphatic hydroxyl groups is 1. The molecular formula is C26H36N8O3S. The topological polar surface area (TPSA) is 164 Å². The van der Waals surface area contributed by atoms with Crippen LogP contribution in [0.15, 0.2) is 15.9 Å². The van der Waals surface area contributed by atoms with Crippen LogP contribution in [0, 0.1) is 17.8 Å². The van der Waals surface area contributed by atoms with Gasteiger partial charge in [0.1, 0.15) is 11.3 Å². The summed E-state index contributed by atoms with van der Waals surface area (Å²) in [6.07, 6.45) is 6.59. The van der Waals surface area contributed by atoms with E-state index >= 15 is 0 Å². The molecule has 1 amide bonds. The van der Waals surface area contributed by atoms with Crippen LogP contribution in [0.2, 0.25) is 0 Å². The normalized spacial score (nSPS) is 23.1. The number of aliphatic imine (C=N–C) groups is 1. The first-order valence-corrected chi connectivity index (χ1v) is 14.3. The van der Waals surface area contributed by atoms with E-state index < -0.39 is 11.7 Å². The summed E-state index contributed by atoms with van der Waals surface area (Å²) in [7, 11) is 0. The van der Waals surface area contributed by atoms with Gasteiger partial charge in [-0.15, -0.1) is 11.3 Å². The SMILES string of the molecule is CC1CCC(Cn2c(C(C)(O)c3cscn3)nc3nc(/C(N)=N/C(=O)O)nc(N[C@H](C)C4CCC4)c32)CC1. The summed E-state index contributed by atoms with van der Waals surface area (Å²) in [6.45, 7) is 6.78. The van der Waals surface area contributed by atoms with E-state index in [0.717, 1.165) is 25.7 Å². The summed E-state index contributed by atoms with van der Waals surface area (Å²) in [6, 6.07) is 0.133. The van der Waals surface area contributed by atoms with Gasteiger partial charge in [-0.05, 0) is 57.3 Å². The Hall–Kier alpha value is -3.12. The van der Waals surface area contributed by atoms with Gasteiger partial charge in [0.15, 0.2) is 28.7 Å². The fraction of sp³-hybridized carbons (Fsp3) is 0.615. The third-order valence-corrected chi connectivity index (χ3v) is 8.80. The van der Waals surface area contributed by atoms with Crippen molar-refractivity contribution in [1.29, 1.82) is 0 Å². The van der Waals surface area contributed by atoms with Gasteiger partial charge in [0, 0.05) is 18.0 Å². The number of thiazole rings is 1. The molecule has 0 bridgehead atoms. The molecule has 0 saturated heterocycles. The van der Waals surface area contributed by atoms with Gasteiger partial charge in [0.2, 0.25) is 0 Å². The lowest BCUT2D eigenvalue weighted by molar-refractivity contribution is 0.0827. The third-order valence-electron chi connectivity index (χ3n) is 8.21. The summed E-state index contributed by atoms with van der Waals surface area (Å²) < 4.78 is 2.04. The minimum atomic E-state index is -1.47. The number of carbonyl (C=O) groups is 1. The Bertz CT molecular complexity index is 1320. The summed E-state index contributed by atoms with van der Waals surface area (Å²) in [4.78, 5) is 33.0. The van der Waals surface area contributed by atoms with Crippen LogP contribution in [0.4, 0.5) is 10.6 Å². The molecule has 5 rings (SSSR count). The van der Waals surface area contributed by atoms with Crippen molar-refractivity contribution in [3.05, 3.63) is 28.2 Å². The summed E-state index contributed by atoms with van der Waals surface area (Å²) in [5.41, 5.74) is 7.71. The molecule has 0 spiro atoms. The third kappa shape index (κ3) is 5.24. The van der Waals surface area contributed by atoms with Crippen molar-refractivity contribution in [3.8, 4) is 0 Å². The van der Waals surface area contributed by atoms with Crippen LogP contribution in [-0.2, 0) is 12.1 Å². The summed E-state index contributed by atoms with van der Waals surface area (Å²) in [5, 5.41) is 26.3. The Morgan fingerprint density at radius 3 is 2.61 bits per heavy atom. The minimum Gasteiger partial charge on any atom is -0.463 e. The number of hydrogen-bond acceptors (Lipinski definition) is 8. The van der Waals surface area contributed by atoms with E-state index in [1.54, 1.807) is 12.4 Å². The van der Waals surface area contributed by atoms with E-state index in [9.17, 15) is 9.90 Å². The molecule has 2 aliphatic carbocycles. The fourth-order valence-electron chi connectivity index (χ4n) is 5.56. The molecule has 0 aliphatic heterocycles. The van der Waals surface area contributed by atoms with Gasteiger partial charge in [-0.1, -0.05) is 26.2 Å². The molecule has 3 aromatic rings. The fourth-order valence-corrected chi connectivity index (χ4v) is 6.22. The molecule has 0 aromatic carbocycles. The first kappa shape index (κ1) is 26.5. The van der Waals surface area contributed by atoms with Crippen molar-refractivity contribution in [2.24, 2.45) is 28.5 Å². The quantitative estimate of drug-likeness (QED) is 0.240. The number of amidine groups is 1. The summed E-state index contributed by atoms with van der Waals surface area (Å²) >= 11 is 1.41. The zero-order valence-corrected chi connectivity index (χ0v) is 22.9. The largest absolute Gasteiger partial charge is 0.463 e. The van der Waals surface area contributed by atoms with E-state index in [0.29, 0.717) is 52.8 Å². The van der Waals surface area contributed by atoms with Crippen LogP contribution in [0.1, 0.15) is 83.1 Å². The van der Waals surface area contributed by atoms with Gasteiger partial charge in [-0.3, -0.25) is 0 Å². The number of nitrogens with zero attached hydrogens (tertiary/aromatic N) is 6. The Morgan fingerprint density at radius 1 is 1.26 bits per heavy atom. The van der Waals surface area contributed by atoms with Gasteiger partial charge in [0.25, 0.3) is 0 Å². The molecule has 2 aliphatic rings. The number of rotatable bonds is 8. The van der Waals surface area contributed by atoms with Gasteiger partial charge >= 0.3 is 6.09 Å². The minimum absolute atomic E-state index is 0.0146. The van der Waals surface area contributed by atoms with Gasteiger partial charge in [0.05, 0.1) is 11.2 Å². The van der Waals surface area contributed by atoms with Crippen molar-refractivity contribution < 1.29 is 15.0 Å². The van der Waals surface area contributed by atoms with Crippen molar-refractivity contribution in [2.45, 2.75) is 83.9 Å². The highest BCUT2D eigenvalue weighted by Crippen LogP contribution is 2.37. The maximum Gasteiger partial charge on any atom is 0.433 e. The number of hydrogen-bond donors (Lipinski definition) is 4.